The maximum atomic E-state index is 11.7. The molecule has 0 saturated carbocycles. The van der Waals surface area contributed by atoms with Crippen molar-refractivity contribution in [2.75, 3.05) is 0 Å². The van der Waals surface area contributed by atoms with Crippen LogP contribution in [0.4, 0.5) is 0 Å². The van der Waals surface area contributed by atoms with Gasteiger partial charge in [0.2, 0.25) is 0 Å². The van der Waals surface area contributed by atoms with E-state index >= 15 is 0 Å². The number of benzene rings is 1. The van der Waals surface area contributed by atoms with E-state index in [-0.39, 0.29) is 5.91 Å². The van der Waals surface area contributed by atoms with Crippen molar-refractivity contribution in [1.82, 2.24) is 5.43 Å². The van der Waals surface area contributed by atoms with E-state index in [4.69, 9.17) is 16.0 Å². The van der Waals surface area contributed by atoms with Crippen LogP contribution >= 0.6 is 43.5 Å². The second kappa shape index (κ2) is 6.36. The first-order chi connectivity index (χ1) is 9.06. The lowest BCUT2D eigenvalue weighted by Crippen LogP contribution is -2.17. The molecule has 0 aliphatic heterocycles. The summed E-state index contributed by atoms with van der Waals surface area (Å²) in [6, 6.07) is 8.24. The van der Waals surface area contributed by atoms with Gasteiger partial charge in [-0.3, -0.25) is 4.79 Å². The van der Waals surface area contributed by atoms with E-state index in [1.807, 2.05) is 0 Å². The van der Waals surface area contributed by atoms with E-state index in [1.165, 1.54) is 6.21 Å². The molecule has 0 aliphatic rings. The summed E-state index contributed by atoms with van der Waals surface area (Å²) in [5.41, 5.74) is 2.87. The quantitative estimate of drug-likeness (QED) is 0.613. The third-order valence-electron chi connectivity index (χ3n) is 2.13. The molecule has 19 heavy (non-hydrogen) atoms. The molecule has 0 spiro atoms. The van der Waals surface area contributed by atoms with Gasteiger partial charge in [0, 0.05) is 16.7 Å². The fraction of sp³-hybridized carbons (Fsp3) is 0. The first-order valence-corrected chi connectivity index (χ1v) is 7.06. The van der Waals surface area contributed by atoms with Crippen molar-refractivity contribution >= 4 is 55.6 Å². The topological polar surface area (TPSA) is 54.6 Å². The lowest BCUT2D eigenvalue weighted by atomic mass is 10.2. The third kappa shape index (κ3) is 3.92. The highest BCUT2D eigenvalue weighted by Crippen LogP contribution is 2.25. The average Bonchev–Trinajstić information content (AvgIpc) is 2.69. The first-order valence-electron chi connectivity index (χ1n) is 5.10. The summed E-state index contributed by atoms with van der Waals surface area (Å²) < 4.78 is 6.61. The minimum absolute atomic E-state index is 0.322. The Hall–Kier alpha value is -1.11. The maximum absolute atomic E-state index is 11.7. The van der Waals surface area contributed by atoms with E-state index < -0.39 is 0 Å². The largest absolute Gasteiger partial charge is 0.447 e. The van der Waals surface area contributed by atoms with Crippen LogP contribution < -0.4 is 5.43 Å². The number of nitrogens with zero attached hydrogens (tertiary/aromatic N) is 1. The minimum Gasteiger partial charge on any atom is -0.447 e. The number of rotatable bonds is 3. The van der Waals surface area contributed by atoms with Crippen LogP contribution in [0.1, 0.15) is 16.1 Å². The van der Waals surface area contributed by atoms with E-state index in [0.29, 0.717) is 21.0 Å². The Morgan fingerprint density at radius 3 is 2.58 bits per heavy atom. The van der Waals surface area contributed by atoms with Crippen LogP contribution in [0.2, 0.25) is 5.02 Å². The van der Waals surface area contributed by atoms with Gasteiger partial charge in [-0.2, -0.15) is 5.10 Å². The summed E-state index contributed by atoms with van der Waals surface area (Å²) in [5, 5.41) is 4.38. The number of nitrogens with one attached hydrogen (secondary N) is 1. The summed E-state index contributed by atoms with van der Waals surface area (Å²) in [6.45, 7) is 0. The molecule has 98 valence electrons. The molecule has 0 bridgehead atoms. The fourth-order valence-electron chi connectivity index (χ4n) is 1.25. The van der Waals surface area contributed by atoms with Gasteiger partial charge in [-0.05, 0) is 56.1 Å². The standard InChI is InChI=1S/C12H7Br2ClN2O2/c13-10-5-9(19-11(10)14)6-16-17-12(18)7-1-3-8(15)4-2-7/h1-6H,(H,17,18)/b16-6+. The van der Waals surface area contributed by atoms with Crippen molar-refractivity contribution in [2.45, 2.75) is 0 Å². The molecular weight excluding hydrogens is 399 g/mol. The van der Waals surface area contributed by atoms with Gasteiger partial charge in [0.1, 0.15) is 5.76 Å². The van der Waals surface area contributed by atoms with Crippen LogP contribution in [0.5, 0.6) is 0 Å². The zero-order valence-corrected chi connectivity index (χ0v) is 13.3. The highest BCUT2D eigenvalue weighted by molar-refractivity contribution is 9.13. The van der Waals surface area contributed by atoms with Crippen LogP contribution in [0.15, 0.2) is 49.0 Å². The Morgan fingerprint density at radius 1 is 1.32 bits per heavy atom. The molecule has 0 atom stereocenters. The Balaban J connectivity index is 1.98. The SMILES string of the molecule is O=C(N/N=C/c1cc(Br)c(Br)o1)c1ccc(Cl)cc1. The highest BCUT2D eigenvalue weighted by atomic mass is 79.9. The number of carbonyl (C=O) groups excluding carboxylic acids is 1. The molecule has 4 nitrogen and oxygen atoms in total. The summed E-state index contributed by atoms with van der Waals surface area (Å²) in [6.07, 6.45) is 1.41. The number of carbonyl (C=O) groups is 1. The molecule has 7 heteroatoms. The van der Waals surface area contributed by atoms with Gasteiger partial charge >= 0.3 is 0 Å². The molecule has 1 N–H and O–H groups in total. The van der Waals surface area contributed by atoms with Gasteiger partial charge in [0.25, 0.3) is 5.91 Å². The predicted molar refractivity (Wildman–Crippen MR) is 80.6 cm³/mol. The van der Waals surface area contributed by atoms with Crippen molar-refractivity contribution in [1.29, 1.82) is 0 Å². The van der Waals surface area contributed by atoms with E-state index in [1.54, 1.807) is 30.3 Å². The van der Waals surface area contributed by atoms with Gasteiger partial charge in [0.05, 0.1) is 10.7 Å². The first kappa shape index (κ1) is 14.3. The molecule has 0 fully saturated rings. The Morgan fingerprint density at radius 2 is 2.00 bits per heavy atom. The highest BCUT2D eigenvalue weighted by Gasteiger charge is 2.05. The summed E-state index contributed by atoms with van der Waals surface area (Å²) in [5.74, 6) is 0.188. The molecule has 2 rings (SSSR count). The molecule has 0 radical (unpaired) electrons. The van der Waals surface area contributed by atoms with E-state index in [0.717, 1.165) is 4.47 Å². The van der Waals surface area contributed by atoms with Crippen molar-refractivity contribution < 1.29 is 9.21 Å². The second-order valence-electron chi connectivity index (χ2n) is 3.48. The summed E-state index contributed by atoms with van der Waals surface area (Å²) in [7, 11) is 0. The van der Waals surface area contributed by atoms with Gasteiger partial charge in [-0.15, -0.1) is 0 Å². The molecule has 0 aliphatic carbocycles. The lowest BCUT2D eigenvalue weighted by Gasteiger charge is -1.98. The summed E-state index contributed by atoms with van der Waals surface area (Å²) >= 11 is 12.2. The smallest absolute Gasteiger partial charge is 0.271 e. The zero-order valence-electron chi connectivity index (χ0n) is 9.36. The Labute approximate surface area is 131 Å². The van der Waals surface area contributed by atoms with Crippen molar-refractivity contribution in [3.05, 3.63) is 55.8 Å². The number of hydrogen-bond acceptors (Lipinski definition) is 3. The molecule has 0 unspecified atom stereocenters. The van der Waals surface area contributed by atoms with E-state index in [2.05, 4.69) is 42.4 Å². The number of hydrazone groups is 1. The normalized spacial score (nSPS) is 10.9. The number of furan rings is 1. The van der Waals surface area contributed by atoms with Crippen molar-refractivity contribution in [2.24, 2.45) is 5.10 Å². The lowest BCUT2D eigenvalue weighted by molar-refractivity contribution is 0.0955. The molecule has 1 heterocycles. The molecule has 0 saturated heterocycles. The number of hydrogen-bond donors (Lipinski definition) is 1. The number of halogens is 3. The predicted octanol–water partition coefficient (Wildman–Crippen LogP) is 4.22. The third-order valence-corrected chi connectivity index (χ3v) is 4.09. The van der Waals surface area contributed by atoms with Crippen molar-refractivity contribution in [3.8, 4) is 0 Å². The van der Waals surface area contributed by atoms with Gasteiger partial charge in [0.15, 0.2) is 4.67 Å². The Kier molecular flexibility index (Phi) is 4.79. The van der Waals surface area contributed by atoms with Crippen LogP contribution in [0.25, 0.3) is 0 Å². The number of amides is 1. The monoisotopic (exact) mass is 404 g/mol. The molecule has 2 aromatic rings. The van der Waals surface area contributed by atoms with E-state index in [9.17, 15) is 4.79 Å². The van der Waals surface area contributed by atoms with Gasteiger partial charge < -0.3 is 4.42 Å². The van der Waals surface area contributed by atoms with Crippen LogP contribution in [-0.4, -0.2) is 12.1 Å². The second-order valence-corrected chi connectivity index (χ2v) is 5.49. The van der Waals surface area contributed by atoms with Crippen LogP contribution in [-0.2, 0) is 0 Å². The summed E-state index contributed by atoms with van der Waals surface area (Å²) in [4.78, 5) is 11.7. The van der Waals surface area contributed by atoms with Crippen molar-refractivity contribution in [3.63, 3.8) is 0 Å². The fourth-order valence-corrected chi connectivity index (χ4v) is 1.98. The van der Waals surface area contributed by atoms with Crippen LogP contribution in [0, 0.1) is 0 Å². The maximum Gasteiger partial charge on any atom is 0.271 e. The zero-order chi connectivity index (χ0) is 13.8. The molecule has 1 aromatic heterocycles. The average molecular weight is 406 g/mol. The Bertz CT molecular complexity index is 604. The molecular formula is C12H7Br2ClN2O2. The van der Waals surface area contributed by atoms with Gasteiger partial charge in [-0.25, -0.2) is 5.43 Å². The molecule has 1 aromatic carbocycles. The molecule has 1 amide bonds. The minimum atomic E-state index is -0.322. The van der Waals surface area contributed by atoms with Crippen LogP contribution in [0.3, 0.4) is 0 Å². The van der Waals surface area contributed by atoms with Gasteiger partial charge in [-0.1, -0.05) is 11.6 Å².